The van der Waals surface area contributed by atoms with E-state index in [4.69, 9.17) is 9.47 Å². The molecule has 1 amide bonds. The molecule has 0 spiro atoms. The van der Waals surface area contributed by atoms with E-state index < -0.39 is 0 Å². The largest absolute Gasteiger partial charge is 0.493 e. The molecule has 0 bridgehead atoms. The molecule has 1 aliphatic carbocycles. The van der Waals surface area contributed by atoms with Crippen LogP contribution in [0.3, 0.4) is 0 Å². The van der Waals surface area contributed by atoms with E-state index in [0.717, 1.165) is 18.4 Å². The van der Waals surface area contributed by atoms with Gasteiger partial charge >= 0.3 is 0 Å². The van der Waals surface area contributed by atoms with Gasteiger partial charge in [-0.15, -0.1) is 0 Å². The third kappa shape index (κ3) is 3.85. The summed E-state index contributed by atoms with van der Waals surface area (Å²) < 4.78 is 10.6. The van der Waals surface area contributed by atoms with Gasteiger partial charge in [-0.25, -0.2) is 0 Å². The van der Waals surface area contributed by atoms with E-state index in [1.54, 1.807) is 25.6 Å². The van der Waals surface area contributed by atoms with Crippen molar-refractivity contribution in [3.63, 3.8) is 0 Å². The van der Waals surface area contributed by atoms with E-state index in [1.165, 1.54) is 5.56 Å². The zero-order valence-corrected chi connectivity index (χ0v) is 14.3. The lowest BCUT2D eigenvalue weighted by molar-refractivity contribution is -0.131. The van der Waals surface area contributed by atoms with Gasteiger partial charge in [-0.1, -0.05) is 6.07 Å². The van der Waals surface area contributed by atoms with Gasteiger partial charge in [0.05, 0.1) is 20.6 Å². The van der Waals surface area contributed by atoms with Crippen LogP contribution in [0.25, 0.3) is 0 Å². The Hall–Kier alpha value is -2.01. The number of methoxy groups -OCH3 is 2. The Bertz CT molecular complexity index is 665. The third-order valence-corrected chi connectivity index (χ3v) is 4.78. The summed E-state index contributed by atoms with van der Waals surface area (Å²) in [4.78, 5) is 14.7. The van der Waals surface area contributed by atoms with Gasteiger partial charge in [0.15, 0.2) is 11.5 Å². The first kappa shape index (κ1) is 15.9. The van der Waals surface area contributed by atoms with Crippen LogP contribution < -0.4 is 9.47 Å². The van der Waals surface area contributed by atoms with Gasteiger partial charge in [-0.2, -0.15) is 11.3 Å². The molecule has 2 aromatic rings. The highest BCUT2D eigenvalue weighted by atomic mass is 32.1. The number of carbonyl (C=O) groups excluding carboxylic acids is 1. The van der Waals surface area contributed by atoms with Crippen LogP contribution in [0.15, 0.2) is 35.0 Å². The van der Waals surface area contributed by atoms with Crippen molar-refractivity contribution in [3.05, 3.63) is 46.2 Å². The van der Waals surface area contributed by atoms with Gasteiger partial charge in [0.1, 0.15) is 0 Å². The molecule has 3 rings (SSSR count). The first-order chi connectivity index (χ1) is 11.2. The van der Waals surface area contributed by atoms with Gasteiger partial charge < -0.3 is 14.4 Å². The molecule has 5 heteroatoms. The molecule has 1 aromatic heterocycles. The second kappa shape index (κ2) is 7.04. The number of nitrogens with zero attached hydrogens (tertiary/aromatic N) is 1. The molecule has 1 aliphatic rings. The summed E-state index contributed by atoms with van der Waals surface area (Å²) in [5.41, 5.74) is 2.16. The second-order valence-corrected chi connectivity index (χ2v) is 6.53. The summed E-state index contributed by atoms with van der Waals surface area (Å²) in [6.07, 6.45) is 2.62. The Morgan fingerprint density at radius 2 is 1.96 bits per heavy atom. The zero-order chi connectivity index (χ0) is 16.2. The van der Waals surface area contributed by atoms with Crippen LogP contribution in [0.4, 0.5) is 0 Å². The number of hydrogen-bond acceptors (Lipinski definition) is 4. The van der Waals surface area contributed by atoms with Gasteiger partial charge in [0.25, 0.3) is 0 Å². The van der Waals surface area contributed by atoms with E-state index in [2.05, 4.69) is 16.8 Å². The molecule has 0 aliphatic heterocycles. The minimum Gasteiger partial charge on any atom is -0.493 e. The summed E-state index contributed by atoms with van der Waals surface area (Å²) in [5.74, 6) is 1.51. The molecule has 23 heavy (non-hydrogen) atoms. The Kier molecular flexibility index (Phi) is 4.86. The van der Waals surface area contributed by atoms with Crippen molar-refractivity contribution in [3.8, 4) is 11.5 Å². The first-order valence-corrected chi connectivity index (χ1v) is 8.67. The fourth-order valence-corrected chi connectivity index (χ4v) is 3.31. The summed E-state index contributed by atoms with van der Waals surface area (Å²) in [7, 11) is 3.22. The van der Waals surface area contributed by atoms with Crippen molar-refractivity contribution in [2.24, 2.45) is 0 Å². The van der Waals surface area contributed by atoms with Crippen LogP contribution in [0, 0.1) is 0 Å². The average Bonchev–Trinajstić information content (AvgIpc) is 3.28. The van der Waals surface area contributed by atoms with Gasteiger partial charge in [-0.05, 0) is 52.9 Å². The van der Waals surface area contributed by atoms with Crippen LogP contribution >= 0.6 is 11.3 Å². The van der Waals surface area contributed by atoms with Gasteiger partial charge in [0.2, 0.25) is 5.91 Å². The molecule has 0 atom stereocenters. The number of thiophene rings is 1. The minimum absolute atomic E-state index is 0.172. The predicted octanol–water partition coefficient (Wildman–Crippen LogP) is 3.50. The number of rotatable bonds is 7. The third-order valence-electron chi connectivity index (χ3n) is 4.04. The smallest absolute Gasteiger partial charge is 0.227 e. The lowest BCUT2D eigenvalue weighted by atomic mass is 10.1. The molecule has 1 saturated carbocycles. The summed E-state index contributed by atoms with van der Waals surface area (Å²) in [6, 6.07) is 8.15. The second-order valence-electron chi connectivity index (χ2n) is 5.75. The van der Waals surface area contributed by atoms with E-state index in [-0.39, 0.29) is 5.91 Å². The zero-order valence-electron chi connectivity index (χ0n) is 13.5. The van der Waals surface area contributed by atoms with Crippen LogP contribution in [-0.4, -0.2) is 31.1 Å². The fourth-order valence-electron chi connectivity index (χ4n) is 2.65. The lowest BCUT2D eigenvalue weighted by Gasteiger charge is -2.22. The van der Waals surface area contributed by atoms with E-state index in [1.807, 2.05) is 23.1 Å². The van der Waals surface area contributed by atoms with Crippen molar-refractivity contribution < 1.29 is 14.3 Å². The van der Waals surface area contributed by atoms with Crippen LogP contribution in [-0.2, 0) is 17.8 Å². The van der Waals surface area contributed by atoms with Crippen LogP contribution in [0.1, 0.15) is 24.0 Å². The van der Waals surface area contributed by atoms with Crippen molar-refractivity contribution in [1.82, 2.24) is 4.90 Å². The summed E-state index contributed by atoms with van der Waals surface area (Å²) in [5, 5.41) is 4.16. The number of ether oxygens (including phenoxy) is 2. The fraction of sp³-hybridized carbons (Fsp3) is 0.389. The maximum absolute atomic E-state index is 12.7. The van der Waals surface area contributed by atoms with Gasteiger partial charge in [0, 0.05) is 12.6 Å². The Morgan fingerprint density at radius 3 is 2.57 bits per heavy atom. The quantitative estimate of drug-likeness (QED) is 0.779. The monoisotopic (exact) mass is 331 g/mol. The lowest BCUT2D eigenvalue weighted by Crippen LogP contribution is -2.33. The van der Waals surface area contributed by atoms with E-state index >= 15 is 0 Å². The molecule has 0 unspecified atom stereocenters. The number of benzene rings is 1. The summed E-state index contributed by atoms with van der Waals surface area (Å²) >= 11 is 1.67. The Labute approximate surface area is 140 Å². The standard InChI is InChI=1S/C18H21NO3S/c1-21-16-6-3-13(9-17(16)22-2)10-18(20)19(15-4-5-15)11-14-7-8-23-12-14/h3,6-9,12,15H,4-5,10-11H2,1-2H3. The maximum Gasteiger partial charge on any atom is 0.227 e. The maximum atomic E-state index is 12.7. The van der Waals surface area contributed by atoms with Crippen molar-refractivity contribution in [2.75, 3.05) is 14.2 Å². The number of carbonyl (C=O) groups is 1. The molecular formula is C18H21NO3S. The first-order valence-electron chi connectivity index (χ1n) is 7.72. The molecule has 0 saturated heterocycles. The van der Waals surface area contributed by atoms with Crippen molar-refractivity contribution in [2.45, 2.75) is 31.8 Å². The number of amides is 1. The van der Waals surface area contributed by atoms with Gasteiger partial charge in [-0.3, -0.25) is 4.79 Å². The van der Waals surface area contributed by atoms with Crippen molar-refractivity contribution in [1.29, 1.82) is 0 Å². The van der Waals surface area contributed by atoms with Crippen LogP contribution in [0.5, 0.6) is 11.5 Å². The normalized spacial score (nSPS) is 13.7. The molecule has 1 heterocycles. The highest BCUT2D eigenvalue weighted by Gasteiger charge is 2.32. The van der Waals surface area contributed by atoms with E-state index in [0.29, 0.717) is 30.5 Å². The highest BCUT2D eigenvalue weighted by Crippen LogP contribution is 2.31. The molecule has 122 valence electrons. The summed E-state index contributed by atoms with van der Waals surface area (Å²) in [6.45, 7) is 0.709. The number of hydrogen-bond donors (Lipinski definition) is 0. The molecule has 0 N–H and O–H groups in total. The molecule has 1 aromatic carbocycles. The minimum atomic E-state index is 0.172. The molecule has 1 fully saturated rings. The highest BCUT2D eigenvalue weighted by molar-refractivity contribution is 7.07. The Balaban J connectivity index is 1.71. The SMILES string of the molecule is COc1ccc(CC(=O)N(Cc2ccsc2)C2CC2)cc1OC. The molecule has 0 radical (unpaired) electrons. The Morgan fingerprint density at radius 1 is 1.17 bits per heavy atom. The predicted molar refractivity (Wildman–Crippen MR) is 91.1 cm³/mol. The molecular weight excluding hydrogens is 310 g/mol. The molecule has 4 nitrogen and oxygen atoms in total. The van der Waals surface area contributed by atoms with E-state index in [9.17, 15) is 4.79 Å². The van der Waals surface area contributed by atoms with Crippen molar-refractivity contribution >= 4 is 17.2 Å². The van der Waals surface area contributed by atoms with Crippen LogP contribution in [0.2, 0.25) is 0 Å². The topological polar surface area (TPSA) is 38.8 Å². The average molecular weight is 331 g/mol.